The number of nitrogens with one attached hydrogen (secondary N) is 1. The lowest BCUT2D eigenvalue weighted by Gasteiger charge is -2.09. The number of anilines is 1. The molecule has 4 heteroatoms. The van der Waals surface area contributed by atoms with Crippen molar-refractivity contribution in [3.8, 4) is 6.07 Å². The van der Waals surface area contributed by atoms with E-state index >= 15 is 0 Å². The number of nitrogens with zero attached hydrogens (tertiary/aromatic N) is 1. The van der Waals surface area contributed by atoms with Crippen molar-refractivity contribution < 1.29 is 9.21 Å². The maximum Gasteiger partial charge on any atom is 0.266 e. The molecule has 2 aromatic rings. The van der Waals surface area contributed by atoms with Gasteiger partial charge < -0.3 is 9.73 Å². The van der Waals surface area contributed by atoms with Crippen LogP contribution in [-0.2, 0) is 4.79 Å². The molecule has 0 aliphatic heterocycles. The molecular weight excluding hydrogens is 276 g/mol. The monoisotopic (exact) mass is 294 g/mol. The highest BCUT2D eigenvalue weighted by atomic mass is 16.3. The average molecular weight is 294 g/mol. The fourth-order valence-electron chi connectivity index (χ4n) is 2.17. The summed E-state index contributed by atoms with van der Waals surface area (Å²) in [6.45, 7) is 7.54. The fourth-order valence-corrected chi connectivity index (χ4v) is 2.17. The summed E-state index contributed by atoms with van der Waals surface area (Å²) in [5, 5.41) is 12.0. The van der Waals surface area contributed by atoms with Crippen LogP contribution in [-0.4, -0.2) is 5.91 Å². The van der Waals surface area contributed by atoms with Crippen LogP contribution in [0.4, 0.5) is 5.69 Å². The summed E-state index contributed by atoms with van der Waals surface area (Å²) in [4.78, 5) is 12.3. The van der Waals surface area contributed by atoms with Gasteiger partial charge in [-0.1, -0.05) is 12.1 Å². The normalized spacial score (nSPS) is 11.1. The van der Waals surface area contributed by atoms with E-state index in [2.05, 4.69) is 5.32 Å². The van der Waals surface area contributed by atoms with Crippen molar-refractivity contribution in [2.24, 2.45) is 0 Å². The van der Waals surface area contributed by atoms with Crippen LogP contribution < -0.4 is 5.32 Å². The van der Waals surface area contributed by atoms with E-state index in [1.165, 1.54) is 0 Å². The quantitative estimate of drug-likeness (QED) is 0.685. The molecule has 0 unspecified atom stereocenters. The molecule has 0 atom stereocenters. The maximum atomic E-state index is 12.3. The summed E-state index contributed by atoms with van der Waals surface area (Å²) in [5.41, 5.74) is 3.58. The van der Waals surface area contributed by atoms with Crippen molar-refractivity contribution in [3.63, 3.8) is 0 Å². The third-order valence-corrected chi connectivity index (χ3v) is 3.60. The third-order valence-electron chi connectivity index (χ3n) is 3.60. The van der Waals surface area contributed by atoms with Gasteiger partial charge in [-0.2, -0.15) is 5.26 Å². The minimum absolute atomic E-state index is 0.0461. The molecule has 0 spiro atoms. The largest absolute Gasteiger partial charge is 0.466 e. The Kier molecular flexibility index (Phi) is 4.47. The number of amides is 1. The fraction of sp³-hybridized carbons (Fsp3) is 0.222. The van der Waals surface area contributed by atoms with E-state index in [9.17, 15) is 10.1 Å². The Bertz CT molecular complexity index is 792. The lowest BCUT2D eigenvalue weighted by atomic mass is 10.1. The first-order chi connectivity index (χ1) is 10.4. The molecule has 0 fully saturated rings. The van der Waals surface area contributed by atoms with Gasteiger partial charge in [-0.3, -0.25) is 4.79 Å². The number of hydrogen-bond donors (Lipinski definition) is 1. The molecule has 22 heavy (non-hydrogen) atoms. The molecule has 1 aromatic heterocycles. The Morgan fingerprint density at radius 3 is 2.59 bits per heavy atom. The summed E-state index contributed by atoms with van der Waals surface area (Å²) in [6, 6.07) is 9.42. The average Bonchev–Trinajstić information content (AvgIpc) is 2.79. The van der Waals surface area contributed by atoms with E-state index in [0.29, 0.717) is 11.4 Å². The summed E-state index contributed by atoms with van der Waals surface area (Å²) < 4.78 is 5.41. The number of furan rings is 1. The zero-order valence-electron chi connectivity index (χ0n) is 13.2. The molecule has 2 rings (SSSR count). The van der Waals surface area contributed by atoms with E-state index in [1.807, 2.05) is 45.0 Å². The zero-order valence-corrected chi connectivity index (χ0v) is 13.2. The number of aryl methyl sites for hydroxylation is 3. The van der Waals surface area contributed by atoms with Crippen LogP contribution in [0.5, 0.6) is 0 Å². The molecule has 112 valence electrons. The van der Waals surface area contributed by atoms with Gasteiger partial charge in [-0.25, -0.2) is 0 Å². The number of benzene rings is 1. The van der Waals surface area contributed by atoms with Crippen LogP contribution in [0.3, 0.4) is 0 Å². The maximum absolute atomic E-state index is 12.3. The van der Waals surface area contributed by atoms with E-state index in [0.717, 1.165) is 22.5 Å². The first kappa shape index (κ1) is 15.6. The van der Waals surface area contributed by atoms with Crippen molar-refractivity contribution in [1.82, 2.24) is 0 Å². The molecule has 1 amide bonds. The molecule has 0 radical (unpaired) electrons. The summed E-state index contributed by atoms with van der Waals surface area (Å²) >= 11 is 0. The smallest absolute Gasteiger partial charge is 0.266 e. The minimum Gasteiger partial charge on any atom is -0.466 e. The third kappa shape index (κ3) is 3.26. The highest BCUT2D eigenvalue weighted by Crippen LogP contribution is 2.20. The standard InChI is InChI=1S/C18H18N2O2/c1-11-6-5-7-17(13(11)3)20-18(21)16(10-19)9-15-8-12(2)22-14(15)4/h5-9H,1-4H3,(H,20,21)/b16-9-. The van der Waals surface area contributed by atoms with Crippen molar-refractivity contribution in [3.05, 3.63) is 58.0 Å². The molecule has 4 nitrogen and oxygen atoms in total. The lowest BCUT2D eigenvalue weighted by Crippen LogP contribution is -2.14. The van der Waals surface area contributed by atoms with Gasteiger partial charge in [0.1, 0.15) is 23.2 Å². The predicted molar refractivity (Wildman–Crippen MR) is 86.3 cm³/mol. The lowest BCUT2D eigenvalue weighted by molar-refractivity contribution is -0.112. The van der Waals surface area contributed by atoms with Gasteiger partial charge in [0.05, 0.1) is 0 Å². The molecular formula is C18H18N2O2. The van der Waals surface area contributed by atoms with Crippen LogP contribution in [0.25, 0.3) is 6.08 Å². The first-order valence-corrected chi connectivity index (χ1v) is 6.98. The van der Waals surface area contributed by atoms with Gasteiger partial charge >= 0.3 is 0 Å². The summed E-state index contributed by atoms with van der Waals surface area (Å²) in [7, 11) is 0. The zero-order chi connectivity index (χ0) is 16.3. The van der Waals surface area contributed by atoms with Gasteiger partial charge in [0.25, 0.3) is 5.91 Å². The highest BCUT2D eigenvalue weighted by Gasteiger charge is 2.13. The van der Waals surface area contributed by atoms with Gasteiger partial charge in [0.15, 0.2) is 0 Å². The second-order valence-corrected chi connectivity index (χ2v) is 5.24. The van der Waals surface area contributed by atoms with Gasteiger partial charge in [-0.15, -0.1) is 0 Å². The molecule has 0 saturated carbocycles. The Labute approximate surface area is 130 Å². The van der Waals surface area contributed by atoms with Crippen molar-refractivity contribution >= 4 is 17.7 Å². The van der Waals surface area contributed by atoms with Crippen molar-refractivity contribution in [2.45, 2.75) is 27.7 Å². The predicted octanol–water partition coefficient (Wildman–Crippen LogP) is 4.06. The van der Waals surface area contributed by atoms with E-state index in [1.54, 1.807) is 19.1 Å². The number of nitriles is 1. The second-order valence-electron chi connectivity index (χ2n) is 5.24. The highest BCUT2D eigenvalue weighted by molar-refractivity contribution is 6.10. The molecule has 1 heterocycles. The van der Waals surface area contributed by atoms with E-state index < -0.39 is 5.91 Å². The van der Waals surface area contributed by atoms with Gasteiger partial charge in [0.2, 0.25) is 0 Å². The molecule has 0 bridgehead atoms. The second kappa shape index (κ2) is 6.31. The van der Waals surface area contributed by atoms with Crippen LogP contribution in [0, 0.1) is 39.0 Å². The van der Waals surface area contributed by atoms with Crippen molar-refractivity contribution in [2.75, 3.05) is 5.32 Å². The van der Waals surface area contributed by atoms with Crippen LogP contribution in [0.2, 0.25) is 0 Å². The molecule has 1 aromatic carbocycles. The van der Waals surface area contributed by atoms with Gasteiger partial charge in [-0.05, 0) is 57.0 Å². The van der Waals surface area contributed by atoms with Gasteiger partial charge in [0, 0.05) is 11.3 Å². The topological polar surface area (TPSA) is 66.0 Å². The van der Waals surface area contributed by atoms with E-state index in [-0.39, 0.29) is 5.57 Å². The molecule has 0 aliphatic carbocycles. The first-order valence-electron chi connectivity index (χ1n) is 6.98. The minimum atomic E-state index is -0.422. The number of rotatable bonds is 3. The number of hydrogen-bond acceptors (Lipinski definition) is 3. The molecule has 0 aliphatic rings. The molecule has 1 N–H and O–H groups in total. The Hall–Kier alpha value is -2.80. The Morgan fingerprint density at radius 1 is 1.27 bits per heavy atom. The summed E-state index contributed by atoms with van der Waals surface area (Å²) in [5.74, 6) is 1.01. The van der Waals surface area contributed by atoms with Crippen LogP contribution in [0.15, 0.2) is 34.3 Å². The summed E-state index contributed by atoms with van der Waals surface area (Å²) in [6.07, 6.45) is 1.55. The van der Waals surface area contributed by atoms with E-state index in [4.69, 9.17) is 4.42 Å². The SMILES string of the molecule is Cc1cc(/C=C(/C#N)C(=O)Nc2cccc(C)c2C)c(C)o1. The number of carbonyl (C=O) groups is 1. The Balaban J connectivity index is 2.28. The van der Waals surface area contributed by atoms with Crippen molar-refractivity contribution in [1.29, 1.82) is 5.26 Å². The molecule has 0 saturated heterocycles. The van der Waals surface area contributed by atoms with Crippen LogP contribution in [0.1, 0.15) is 28.2 Å². The Morgan fingerprint density at radius 2 is 2.00 bits per heavy atom. The van der Waals surface area contributed by atoms with Crippen LogP contribution >= 0.6 is 0 Å². The number of carbonyl (C=O) groups excluding carboxylic acids is 1.